The molecule has 3 aromatic carbocycles. The predicted molar refractivity (Wildman–Crippen MR) is 122 cm³/mol. The van der Waals surface area contributed by atoms with E-state index >= 15 is 0 Å². The molecule has 1 saturated heterocycles. The standard InChI is InChI=1S/C24H20FN3O2S/c25-18-11-13-20(14-12-18)27-24-28(16-17-7-3-1-4-8-17)23(30)21(31-24)15-22(29)26-19-9-5-2-6-10-19/h1-14,21H,15-16H2,(H,26,29)/t21-/m0/s1. The average molecular weight is 434 g/mol. The first-order valence-electron chi connectivity index (χ1n) is 9.79. The molecular weight excluding hydrogens is 413 g/mol. The molecule has 1 aliphatic heterocycles. The van der Waals surface area contributed by atoms with Gasteiger partial charge < -0.3 is 5.32 Å². The van der Waals surface area contributed by atoms with Gasteiger partial charge in [0, 0.05) is 12.1 Å². The maximum Gasteiger partial charge on any atom is 0.242 e. The molecule has 2 amide bonds. The molecule has 1 heterocycles. The van der Waals surface area contributed by atoms with Gasteiger partial charge in [-0.05, 0) is 42.0 Å². The Hall–Kier alpha value is -3.45. The summed E-state index contributed by atoms with van der Waals surface area (Å²) in [5, 5.41) is 2.74. The van der Waals surface area contributed by atoms with E-state index in [1.807, 2.05) is 48.5 Å². The molecule has 1 atom stereocenters. The molecule has 4 rings (SSSR count). The topological polar surface area (TPSA) is 61.8 Å². The van der Waals surface area contributed by atoms with E-state index < -0.39 is 5.25 Å². The lowest BCUT2D eigenvalue weighted by molar-refractivity contribution is -0.128. The number of hydrogen-bond donors (Lipinski definition) is 1. The second-order valence-corrected chi connectivity index (χ2v) is 8.18. The van der Waals surface area contributed by atoms with E-state index in [0.717, 1.165) is 5.56 Å². The monoisotopic (exact) mass is 433 g/mol. The van der Waals surface area contributed by atoms with Crippen LogP contribution in [0.25, 0.3) is 0 Å². The smallest absolute Gasteiger partial charge is 0.242 e. The van der Waals surface area contributed by atoms with Crippen molar-refractivity contribution in [1.29, 1.82) is 0 Å². The molecule has 0 aliphatic carbocycles. The highest BCUT2D eigenvalue weighted by Gasteiger charge is 2.39. The van der Waals surface area contributed by atoms with Gasteiger partial charge >= 0.3 is 0 Å². The fourth-order valence-corrected chi connectivity index (χ4v) is 4.32. The van der Waals surface area contributed by atoms with Gasteiger partial charge in [-0.3, -0.25) is 14.5 Å². The average Bonchev–Trinajstić information content (AvgIpc) is 3.05. The van der Waals surface area contributed by atoms with Crippen LogP contribution in [0.5, 0.6) is 0 Å². The number of carbonyl (C=O) groups excluding carboxylic acids is 2. The SMILES string of the molecule is O=C(C[C@@H]1SC(=Nc2ccc(F)cc2)N(Cc2ccccc2)C1=O)Nc1ccccc1. The Bertz CT molecular complexity index is 1090. The fourth-order valence-electron chi connectivity index (χ4n) is 3.16. The van der Waals surface area contributed by atoms with E-state index in [9.17, 15) is 14.0 Å². The highest BCUT2D eigenvalue weighted by atomic mass is 32.2. The summed E-state index contributed by atoms with van der Waals surface area (Å²) in [4.78, 5) is 31.8. The van der Waals surface area contributed by atoms with Crippen molar-refractivity contribution < 1.29 is 14.0 Å². The minimum Gasteiger partial charge on any atom is -0.326 e. The molecule has 0 aromatic heterocycles. The normalized spacial score (nSPS) is 17.2. The number of amidine groups is 1. The summed E-state index contributed by atoms with van der Waals surface area (Å²) in [5.41, 5.74) is 2.19. The van der Waals surface area contributed by atoms with Crippen molar-refractivity contribution in [2.24, 2.45) is 4.99 Å². The number of aliphatic imine (C=N–C) groups is 1. The Morgan fingerprint density at radius 2 is 1.61 bits per heavy atom. The number of nitrogens with zero attached hydrogens (tertiary/aromatic N) is 2. The van der Waals surface area contributed by atoms with Crippen LogP contribution in [0.1, 0.15) is 12.0 Å². The molecule has 0 spiro atoms. The van der Waals surface area contributed by atoms with Crippen LogP contribution in [-0.2, 0) is 16.1 Å². The van der Waals surface area contributed by atoms with Crippen LogP contribution in [0.4, 0.5) is 15.8 Å². The van der Waals surface area contributed by atoms with Crippen molar-refractivity contribution >= 4 is 40.1 Å². The molecule has 31 heavy (non-hydrogen) atoms. The lowest BCUT2D eigenvalue weighted by atomic mass is 10.2. The number of nitrogens with one attached hydrogen (secondary N) is 1. The zero-order valence-corrected chi connectivity index (χ0v) is 17.4. The lowest BCUT2D eigenvalue weighted by Gasteiger charge is -2.16. The molecule has 7 heteroatoms. The van der Waals surface area contributed by atoms with E-state index in [4.69, 9.17) is 0 Å². The molecule has 3 aromatic rings. The number of rotatable bonds is 6. The lowest BCUT2D eigenvalue weighted by Crippen LogP contribution is -2.33. The number of amides is 2. The van der Waals surface area contributed by atoms with Gasteiger partial charge in [-0.1, -0.05) is 60.3 Å². The highest BCUT2D eigenvalue weighted by Crippen LogP contribution is 2.33. The molecule has 1 aliphatic rings. The van der Waals surface area contributed by atoms with Crippen LogP contribution in [0.2, 0.25) is 0 Å². The third kappa shape index (κ3) is 5.38. The van der Waals surface area contributed by atoms with Gasteiger partial charge in [0.2, 0.25) is 11.8 Å². The number of benzene rings is 3. The second kappa shape index (κ2) is 9.57. The Balaban J connectivity index is 1.54. The quantitative estimate of drug-likeness (QED) is 0.596. The predicted octanol–water partition coefficient (Wildman–Crippen LogP) is 4.99. The first kappa shape index (κ1) is 20.8. The summed E-state index contributed by atoms with van der Waals surface area (Å²) < 4.78 is 13.2. The van der Waals surface area contributed by atoms with E-state index in [-0.39, 0.29) is 24.1 Å². The van der Waals surface area contributed by atoms with Crippen molar-refractivity contribution in [2.75, 3.05) is 5.32 Å². The first-order chi connectivity index (χ1) is 15.1. The van der Waals surface area contributed by atoms with Crippen molar-refractivity contribution in [2.45, 2.75) is 18.2 Å². The van der Waals surface area contributed by atoms with Crippen molar-refractivity contribution in [3.63, 3.8) is 0 Å². The maximum absolute atomic E-state index is 13.2. The third-order valence-corrected chi connectivity index (χ3v) is 5.86. The molecule has 0 radical (unpaired) electrons. The molecule has 1 N–H and O–H groups in total. The van der Waals surface area contributed by atoms with Gasteiger partial charge in [0.05, 0.1) is 12.2 Å². The molecule has 0 unspecified atom stereocenters. The van der Waals surface area contributed by atoms with E-state index in [1.54, 1.807) is 29.2 Å². The summed E-state index contributed by atoms with van der Waals surface area (Å²) >= 11 is 1.26. The first-order valence-corrected chi connectivity index (χ1v) is 10.7. The summed E-state index contributed by atoms with van der Waals surface area (Å²) in [7, 11) is 0. The zero-order valence-electron chi connectivity index (χ0n) is 16.6. The van der Waals surface area contributed by atoms with Crippen molar-refractivity contribution in [1.82, 2.24) is 4.90 Å². The Kier molecular flexibility index (Phi) is 6.43. The molecule has 1 fully saturated rings. The summed E-state index contributed by atoms with van der Waals surface area (Å²) in [6.45, 7) is 0.351. The van der Waals surface area contributed by atoms with Gasteiger partial charge in [0.25, 0.3) is 0 Å². The largest absolute Gasteiger partial charge is 0.326 e. The van der Waals surface area contributed by atoms with Gasteiger partial charge in [-0.15, -0.1) is 0 Å². The van der Waals surface area contributed by atoms with Crippen molar-refractivity contribution in [3.05, 3.63) is 96.3 Å². The van der Waals surface area contributed by atoms with Gasteiger partial charge in [0.1, 0.15) is 11.1 Å². The molecule has 0 saturated carbocycles. The minimum atomic E-state index is -0.577. The second-order valence-electron chi connectivity index (χ2n) is 7.01. The van der Waals surface area contributed by atoms with Gasteiger partial charge in [-0.25, -0.2) is 9.38 Å². The Morgan fingerprint density at radius 1 is 0.968 bits per heavy atom. The van der Waals surface area contributed by atoms with Crippen LogP contribution < -0.4 is 5.32 Å². The molecule has 5 nitrogen and oxygen atoms in total. The zero-order chi connectivity index (χ0) is 21.6. The molecule has 156 valence electrons. The minimum absolute atomic E-state index is 0.0339. The molecular formula is C24H20FN3O2S. The number of halogens is 1. The van der Waals surface area contributed by atoms with Crippen LogP contribution in [-0.4, -0.2) is 27.1 Å². The van der Waals surface area contributed by atoms with E-state index in [0.29, 0.717) is 23.1 Å². The van der Waals surface area contributed by atoms with Crippen LogP contribution in [0, 0.1) is 5.82 Å². The number of hydrogen-bond acceptors (Lipinski definition) is 4. The number of para-hydroxylation sites is 1. The van der Waals surface area contributed by atoms with Crippen LogP contribution in [0.15, 0.2) is 89.9 Å². The van der Waals surface area contributed by atoms with Crippen LogP contribution in [0.3, 0.4) is 0 Å². The highest BCUT2D eigenvalue weighted by molar-refractivity contribution is 8.15. The number of carbonyl (C=O) groups is 2. The van der Waals surface area contributed by atoms with Crippen molar-refractivity contribution in [3.8, 4) is 0 Å². The van der Waals surface area contributed by atoms with Crippen LogP contribution >= 0.6 is 11.8 Å². The number of thioether (sulfide) groups is 1. The van der Waals surface area contributed by atoms with E-state index in [2.05, 4.69) is 10.3 Å². The van der Waals surface area contributed by atoms with Gasteiger partial charge in [-0.2, -0.15) is 0 Å². The third-order valence-electron chi connectivity index (χ3n) is 4.68. The van der Waals surface area contributed by atoms with E-state index in [1.165, 1.54) is 23.9 Å². The maximum atomic E-state index is 13.2. The fraction of sp³-hybridized carbons (Fsp3) is 0.125. The molecule has 0 bridgehead atoms. The summed E-state index contributed by atoms with van der Waals surface area (Å²) in [6, 6.07) is 24.5. The summed E-state index contributed by atoms with van der Waals surface area (Å²) in [6.07, 6.45) is 0.0339. The Morgan fingerprint density at radius 3 is 2.29 bits per heavy atom. The Labute approximate surface area is 184 Å². The number of anilines is 1. The summed E-state index contributed by atoms with van der Waals surface area (Å²) in [5.74, 6) is -0.756. The van der Waals surface area contributed by atoms with Gasteiger partial charge in [0.15, 0.2) is 5.17 Å².